The second-order valence-corrected chi connectivity index (χ2v) is 11.5. The number of fused-ring (bicyclic) bond motifs is 1. The van der Waals surface area contributed by atoms with Crippen molar-refractivity contribution in [2.24, 2.45) is 13.0 Å². The van der Waals surface area contributed by atoms with Gasteiger partial charge in [-0.05, 0) is 67.3 Å². The molecule has 1 aliphatic rings. The quantitative estimate of drug-likeness (QED) is 0.393. The Labute approximate surface area is 213 Å². The summed E-state index contributed by atoms with van der Waals surface area (Å²) in [6.07, 6.45) is 3.44. The zero-order valence-electron chi connectivity index (χ0n) is 21.3. The Hall–Kier alpha value is -2.95. The van der Waals surface area contributed by atoms with E-state index in [2.05, 4.69) is 60.0 Å². The SMILES string of the molecule is Cc1cc2c(cnn2-c2ccc(F)cc2)cc1C1CN(S(=O)c2cnn(C)n2)CC(C)N1CC(C)C. The summed E-state index contributed by atoms with van der Waals surface area (Å²) in [4.78, 5) is 3.98. The summed E-state index contributed by atoms with van der Waals surface area (Å²) in [6, 6.07) is 11.0. The number of piperazine rings is 1. The summed E-state index contributed by atoms with van der Waals surface area (Å²) < 4.78 is 30.7. The molecular weight excluding hydrogens is 477 g/mol. The van der Waals surface area contributed by atoms with E-state index in [9.17, 15) is 8.60 Å². The minimum absolute atomic E-state index is 0.0651. The molecular formula is C26H32FN7OS. The van der Waals surface area contributed by atoms with Crippen LogP contribution in [0.2, 0.25) is 0 Å². The zero-order valence-corrected chi connectivity index (χ0v) is 22.1. The maximum absolute atomic E-state index is 13.5. The zero-order chi connectivity index (χ0) is 25.6. The van der Waals surface area contributed by atoms with Gasteiger partial charge in [0.1, 0.15) is 16.8 Å². The van der Waals surface area contributed by atoms with E-state index in [4.69, 9.17) is 0 Å². The highest BCUT2D eigenvalue weighted by atomic mass is 32.2. The monoisotopic (exact) mass is 509 g/mol. The number of halogens is 1. The van der Waals surface area contributed by atoms with Gasteiger partial charge in [0.05, 0.1) is 23.6 Å². The minimum atomic E-state index is -1.38. The molecule has 2 aromatic carbocycles. The molecule has 3 heterocycles. The lowest BCUT2D eigenvalue weighted by atomic mass is 9.94. The Bertz CT molecular complexity index is 1400. The van der Waals surface area contributed by atoms with Crippen molar-refractivity contribution in [1.82, 2.24) is 34.0 Å². The first kappa shape index (κ1) is 24.7. The van der Waals surface area contributed by atoms with Crippen molar-refractivity contribution in [1.29, 1.82) is 0 Å². The Kier molecular flexibility index (Phi) is 6.76. The normalized spacial score (nSPS) is 20.4. The van der Waals surface area contributed by atoms with Crippen molar-refractivity contribution in [3.05, 3.63) is 65.7 Å². The van der Waals surface area contributed by atoms with Crippen molar-refractivity contribution < 1.29 is 8.60 Å². The molecule has 0 N–H and O–H groups in total. The topological polar surface area (TPSA) is 72.1 Å². The summed E-state index contributed by atoms with van der Waals surface area (Å²) in [5.41, 5.74) is 4.14. The molecule has 36 heavy (non-hydrogen) atoms. The number of aromatic nitrogens is 5. The molecule has 1 saturated heterocycles. The molecule has 3 unspecified atom stereocenters. The first-order valence-electron chi connectivity index (χ1n) is 12.2. The van der Waals surface area contributed by atoms with Gasteiger partial charge in [-0.2, -0.15) is 15.0 Å². The van der Waals surface area contributed by atoms with Crippen LogP contribution in [0.4, 0.5) is 4.39 Å². The summed E-state index contributed by atoms with van der Waals surface area (Å²) in [7, 11) is 0.350. The van der Waals surface area contributed by atoms with E-state index in [1.165, 1.54) is 22.5 Å². The first-order chi connectivity index (χ1) is 17.2. The van der Waals surface area contributed by atoms with Crippen LogP contribution in [-0.2, 0) is 18.0 Å². The lowest BCUT2D eigenvalue weighted by Crippen LogP contribution is -2.54. The second kappa shape index (κ2) is 9.84. The van der Waals surface area contributed by atoms with Crippen molar-refractivity contribution in [3.8, 4) is 5.69 Å². The maximum atomic E-state index is 13.5. The second-order valence-electron chi connectivity index (χ2n) is 10.0. The highest BCUT2D eigenvalue weighted by molar-refractivity contribution is 7.82. The summed E-state index contributed by atoms with van der Waals surface area (Å²) >= 11 is 0. The molecule has 10 heteroatoms. The van der Waals surface area contributed by atoms with Crippen LogP contribution in [-0.4, -0.2) is 63.9 Å². The van der Waals surface area contributed by atoms with E-state index < -0.39 is 11.0 Å². The molecule has 2 aromatic heterocycles. The van der Waals surface area contributed by atoms with E-state index in [1.54, 1.807) is 25.4 Å². The molecule has 0 radical (unpaired) electrons. The fraction of sp³-hybridized carbons (Fsp3) is 0.423. The van der Waals surface area contributed by atoms with Crippen LogP contribution in [0, 0.1) is 18.7 Å². The van der Waals surface area contributed by atoms with E-state index in [1.807, 2.05) is 15.2 Å². The van der Waals surface area contributed by atoms with Gasteiger partial charge >= 0.3 is 0 Å². The van der Waals surface area contributed by atoms with Gasteiger partial charge in [-0.25, -0.2) is 17.6 Å². The fourth-order valence-corrected chi connectivity index (χ4v) is 6.32. The van der Waals surface area contributed by atoms with Gasteiger partial charge in [-0.1, -0.05) is 13.8 Å². The Morgan fingerprint density at radius 2 is 1.86 bits per heavy atom. The largest absolute Gasteiger partial charge is 0.291 e. The average Bonchev–Trinajstić information content (AvgIpc) is 3.45. The summed E-state index contributed by atoms with van der Waals surface area (Å²) in [5.74, 6) is 0.228. The number of benzene rings is 2. The Balaban J connectivity index is 1.53. The predicted octanol–water partition coefficient (Wildman–Crippen LogP) is 4.03. The van der Waals surface area contributed by atoms with E-state index in [0.717, 1.165) is 28.7 Å². The molecule has 190 valence electrons. The van der Waals surface area contributed by atoms with Crippen LogP contribution < -0.4 is 0 Å². The van der Waals surface area contributed by atoms with Gasteiger partial charge in [-0.3, -0.25) is 4.90 Å². The minimum Gasteiger partial charge on any atom is -0.291 e. The molecule has 3 atom stereocenters. The Morgan fingerprint density at radius 3 is 2.53 bits per heavy atom. The average molecular weight is 510 g/mol. The van der Waals surface area contributed by atoms with Crippen LogP contribution >= 0.6 is 0 Å². The number of hydrogen-bond donors (Lipinski definition) is 0. The molecule has 0 aliphatic carbocycles. The van der Waals surface area contributed by atoms with E-state index in [0.29, 0.717) is 24.0 Å². The lowest BCUT2D eigenvalue weighted by Gasteiger charge is -2.46. The lowest BCUT2D eigenvalue weighted by molar-refractivity contribution is 0.0580. The molecule has 4 aromatic rings. The third-order valence-electron chi connectivity index (χ3n) is 6.76. The maximum Gasteiger partial charge on any atom is 0.185 e. The fourth-order valence-electron chi connectivity index (χ4n) is 5.10. The number of aryl methyl sites for hydroxylation is 2. The molecule has 8 nitrogen and oxygen atoms in total. The smallest absolute Gasteiger partial charge is 0.185 e. The van der Waals surface area contributed by atoms with Gasteiger partial charge in [0.15, 0.2) is 5.03 Å². The van der Waals surface area contributed by atoms with Crippen molar-refractivity contribution >= 4 is 21.9 Å². The van der Waals surface area contributed by atoms with Crippen molar-refractivity contribution in [3.63, 3.8) is 0 Å². The number of hydrogen-bond acceptors (Lipinski definition) is 5. The first-order valence-corrected chi connectivity index (χ1v) is 13.3. The van der Waals surface area contributed by atoms with Crippen molar-refractivity contribution in [2.75, 3.05) is 19.6 Å². The Morgan fingerprint density at radius 1 is 1.11 bits per heavy atom. The number of rotatable bonds is 6. The van der Waals surface area contributed by atoms with Gasteiger partial charge < -0.3 is 0 Å². The van der Waals surface area contributed by atoms with Crippen LogP contribution in [0.15, 0.2) is 53.8 Å². The molecule has 1 aliphatic heterocycles. The predicted molar refractivity (Wildman–Crippen MR) is 138 cm³/mol. The van der Waals surface area contributed by atoms with Crippen LogP contribution in [0.3, 0.4) is 0 Å². The highest BCUT2D eigenvalue weighted by Crippen LogP contribution is 2.35. The molecule has 5 rings (SSSR count). The standard InChI is InChI=1S/C26H32FN7OS/c1-17(2)14-33-19(4)15-32(36(35)26-13-28-31(5)30-26)16-25(33)23-11-20-12-29-34(24(20)10-18(23)3)22-8-6-21(27)7-9-22/h6-13,17,19,25H,14-16H2,1-5H3. The van der Waals surface area contributed by atoms with Gasteiger partial charge in [0.2, 0.25) is 0 Å². The molecule has 0 saturated carbocycles. The molecule has 0 bridgehead atoms. The molecule has 0 spiro atoms. The number of nitrogens with zero attached hydrogens (tertiary/aromatic N) is 7. The summed E-state index contributed by atoms with van der Waals surface area (Å²) in [5, 5.41) is 14.5. The van der Waals surface area contributed by atoms with Crippen LogP contribution in [0.1, 0.15) is 37.9 Å². The van der Waals surface area contributed by atoms with Crippen LogP contribution in [0.25, 0.3) is 16.6 Å². The van der Waals surface area contributed by atoms with Gasteiger partial charge in [-0.15, -0.1) is 5.10 Å². The van der Waals surface area contributed by atoms with Gasteiger partial charge in [0, 0.05) is 44.2 Å². The summed E-state index contributed by atoms with van der Waals surface area (Å²) in [6.45, 7) is 11.1. The highest BCUT2D eigenvalue weighted by Gasteiger charge is 2.37. The molecule has 0 amide bonds. The van der Waals surface area contributed by atoms with Crippen molar-refractivity contribution in [2.45, 2.75) is 44.8 Å². The van der Waals surface area contributed by atoms with E-state index >= 15 is 0 Å². The third kappa shape index (κ3) is 4.72. The van der Waals surface area contributed by atoms with Gasteiger partial charge in [0.25, 0.3) is 0 Å². The van der Waals surface area contributed by atoms with Crippen LogP contribution in [0.5, 0.6) is 0 Å². The molecule has 1 fully saturated rings. The third-order valence-corrected chi connectivity index (χ3v) is 8.08. The van der Waals surface area contributed by atoms with E-state index in [-0.39, 0.29) is 17.9 Å².